The highest BCUT2D eigenvalue weighted by atomic mass is 35.5. The summed E-state index contributed by atoms with van der Waals surface area (Å²) in [6.45, 7) is 5.08. The van der Waals surface area contributed by atoms with Crippen LogP contribution in [0.2, 0.25) is 0 Å². The third kappa shape index (κ3) is 1.82. The molecular weight excluding hydrogens is 150 g/mol. The maximum absolute atomic E-state index is 11.1. The predicted octanol–water partition coefficient (Wildman–Crippen LogP) is 0.917. The van der Waals surface area contributed by atoms with E-state index in [1.165, 1.54) is 0 Å². The van der Waals surface area contributed by atoms with Gasteiger partial charge in [-0.1, -0.05) is 18.2 Å². The van der Waals surface area contributed by atoms with Crippen molar-refractivity contribution >= 4 is 17.4 Å². The fraction of sp³-hybridized carbons (Fsp3) is 0.571. The first-order valence-electron chi connectivity index (χ1n) is 3.27. The molecule has 1 saturated heterocycles. The lowest BCUT2D eigenvalue weighted by Gasteiger charge is -2.25. The van der Waals surface area contributed by atoms with Crippen LogP contribution >= 0.6 is 11.6 Å². The van der Waals surface area contributed by atoms with Crippen molar-refractivity contribution in [2.45, 2.75) is 6.42 Å². The van der Waals surface area contributed by atoms with Crippen LogP contribution in [0.15, 0.2) is 11.6 Å². The summed E-state index contributed by atoms with van der Waals surface area (Å²) >= 11 is 5.46. The fourth-order valence-corrected chi connectivity index (χ4v) is 0.981. The van der Waals surface area contributed by atoms with Gasteiger partial charge in [0.1, 0.15) is 5.78 Å². The molecule has 0 aromatic heterocycles. The predicted molar refractivity (Wildman–Crippen MR) is 41.0 cm³/mol. The largest absolute Gasteiger partial charge is 0.315 e. The molecule has 0 saturated carbocycles. The average Bonchev–Trinajstić information content (AvgIpc) is 1.55. The van der Waals surface area contributed by atoms with Crippen molar-refractivity contribution in [1.29, 1.82) is 0 Å². The van der Waals surface area contributed by atoms with Gasteiger partial charge in [-0.15, -0.1) is 0 Å². The minimum atomic E-state index is 0.190. The van der Waals surface area contributed by atoms with E-state index >= 15 is 0 Å². The van der Waals surface area contributed by atoms with E-state index in [0.29, 0.717) is 11.5 Å². The zero-order valence-corrected chi connectivity index (χ0v) is 6.45. The van der Waals surface area contributed by atoms with E-state index in [4.69, 9.17) is 11.6 Å². The molecule has 0 atom stereocenters. The Morgan fingerprint density at radius 2 is 2.30 bits per heavy atom. The van der Waals surface area contributed by atoms with Gasteiger partial charge in [-0.05, 0) is 0 Å². The van der Waals surface area contributed by atoms with Gasteiger partial charge in [-0.25, -0.2) is 0 Å². The molecule has 0 spiro atoms. The Bertz CT molecular complexity index is 163. The molecule has 0 radical (unpaired) electrons. The number of hydrogen-bond donors (Lipinski definition) is 1. The summed E-state index contributed by atoms with van der Waals surface area (Å²) in [6, 6.07) is 0. The quantitative estimate of drug-likeness (QED) is 0.664. The Balaban J connectivity index is 2.27. The SMILES string of the molecule is C=C(Cl)CC(=O)C1CNC1. The molecule has 1 rings (SSSR count). The topological polar surface area (TPSA) is 29.1 Å². The summed E-state index contributed by atoms with van der Waals surface area (Å²) in [6.07, 6.45) is 0.327. The molecule has 56 valence electrons. The van der Waals surface area contributed by atoms with Crippen LogP contribution in [0.3, 0.4) is 0 Å². The summed E-state index contributed by atoms with van der Waals surface area (Å²) in [5.74, 6) is 0.397. The lowest BCUT2D eigenvalue weighted by atomic mass is 9.96. The molecule has 1 heterocycles. The van der Waals surface area contributed by atoms with Crippen LogP contribution in [-0.2, 0) is 4.79 Å². The van der Waals surface area contributed by atoms with Gasteiger partial charge in [-0.2, -0.15) is 0 Å². The summed E-state index contributed by atoms with van der Waals surface area (Å²) in [5, 5.41) is 3.46. The van der Waals surface area contributed by atoms with E-state index < -0.39 is 0 Å². The smallest absolute Gasteiger partial charge is 0.143 e. The second kappa shape index (κ2) is 3.17. The van der Waals surface area contributed by atoms with E-state index in [-0.39, 0.29) is 11.7 Å². The number of rotatable bonds is 3. The average molecular weight is 160 g/mol. The third-order valence-corrected chi connectivity index (χ3v) is 1.74. The maximum atomic E-state index is 11.1. The molecule has 3 heteroatoms. The normalized spacial score (nSPS) is 18.1. The van der Waals surface area contributed by atoms with Crippen molar-refractivity contribution in [3.63, 3.8) is 0 Å². The van der Waals surface area contributed by atoms with Gasteiger partial charge in [0.25, 0.3) is 0 Å². The molecule has 1 fully saturated rings. The summed E-state index contributed by atoms with van der Waals surface area (Å²) in [4.78, 5) is 11.1. The number of carbonyl (C=O) groups is 1. The number of Topliss-reactive ketones (excluding diaryl/α,β-unsaturated/α-hetero) is 1. The van der Waals surface area contributed by atoms with E-state index in [9.17, 15) is 4.79 Å². The van der Waals surface area contributed by atoms with Crippen molar-refractivity contribution in [3.05, 3.63) is 11.6 Å². The van der Waals surface area contributed by atoms with Gasteiger partial charge in [0.05, 0.1) is 0 Å². The highest BCUT2D eigenvalue weighted by molar-refractivity contribution is 6.30. The van der Waals surface area contributed by atoms with Crippen molar-refractivity contribution in [2.75, 3.05) is 13.1 Å². The first-order valence-corrected chi connectivity index (χ1v) is 3.64. The Hall–Kier alpha value is -0.340. The molecule has 0 bridgehead atoms. The van der Waals surface area contributed by atoms with E-state index in [1.807, 2.05) is 0 Å². The molecule has 10 heavy (non-hydrogen) atoms. The molecule has 0 aromatic carbocycles. The lowest BCUT2D eigenvalue weighted by molar-refractivity contribution is -0.123. The molecule has 1 aliphatic heterocycles. The number of ketones is 1. The Morgan fingerprint density at radius 1 is 1.70 bits per heavy atom. The van der Waals surface area contributed by atoms with Crippen molar-refractivity contribution < 1.29 is 4.79 Å². The van der Waals surface area contributed by atoms with Gasteiger partial charge in [0, 0.05) is 30.5 Å². The first kappa shape index (κ1) is 7.76. The lowest BCUT2D eigenvalue weighted by Crippen LogP contribution is -2.46. The molecular formula is C7H10ClNO. The van der Waals surface area contributed by atoms with Crippen molar-refractivity contribution in [2.24, 2.45) is 5.92 Å². The summed E-state index contributed by atoms with van der Waals surface area (Å²) < 4.78 is 0. The molecule has 0 aromatic rings. The Kier molecular flexibility index (Phi) is 2.46. The third-order valence-electron chi connectivity index (χ3n) is 1.60. The van der Waals surface area contributed by atoms with E-state index in [2.05, 4.69) is 11.9 Å². The van der Waals surface area contributed by atoms with Crippen LogP contribution in [0, 0.1) is 5.92 Å². The number of allylic oxidation sites excluding steroid dienone is 1. The second-order valence-electron chi connectivity index (χ2n) is 2.52. The number of halogens is 1. The van der Waals surface area contributed by atoms with Crippen LogP contribution in [0.4, 0.5) is 0 Å². The van der Waals surface area contributed by atoms with Gasteiger partial charge < -0.3 is 5.32 Å². The number of nitrogens with one attached hydrogen (secondary N) is 1. The van der Waals surface area contributed by atoms with Gasteiger partial charge in [0.15, 0.2) is 0 Å². The zero-order chi connectivity index (χ0) is 7.56. The van der Waals surface area contributed by atoms with Crippen molar-refractivity contribution in [1.82, 2.24) is 5.32 Å². The Morgan fingerprint density at radius 3 is 2.60 bits per heavy atom. The van der Waals surface area contributed by atoms with Gasteiger partial charge >= 0.3 is 0 Å². The van der Waals surface area contributed by atoms with Crippen LogP contribution in [0.5, 0.6) is 0 Å². The highest BCUT2D eigenvalue weighted by Gasteiger charge is 2.24. The maximum Gasteiger partial charge on any atom is 0.143 e. The minimum Gasteiger partial charge on any atom is -0.315 e. The van der Waals surface area contributed by atoms with Gasteiger partial charge in [-0.3, -0.25) is 4.79 Å². The number of hydrogen-bond acceptors (Lipinski definition) is 2. The standard InChI is InChI=1S/C7H10ClNO/c1-5(8)2-7(10)6-3-9-4-6/h6,9H,1-4H2. The van der Waals surface area contributed by atoms with Crippen LogP contribution < -0.4 is 5.32 Å². The summed E-state index contributed by atoms with van der Waals surface area (Å²) in [7, 11) is 0. The zero-order valence-electron chi connectivity index (χ0n) is 5.69. The highest BCUT2D eigenvalue weighted by Crippen LogP contribution is 2.12. The van der Waals surface area contributed by atoms with Crippen LogP contribution in [0.1, 0.15) is 6.42 Å². The minimum absolute atomic E-state index is 0.190. The molecule has 0 amide bonds. The molecule has 0 unspecified atom stereocenters. The first-order chi connectivity index (χ1) is 4.70. The molecule has 1 aliphatic rings. The summed E-state index contributed by atoms with van der Waals surface area (Å²) in [5.41, 5.74) is 0. The van der Waals surface area contributed by atoms with Crippen LogP contribution in [0.25, 0.3) is 0 Å². The van der Waals surface area contributed by atoms with Gasteiger partial charge in [0.2, 0.25) is 0 Å². The second-order valence-corrected chi connectivity index (χ2v) is 3.05. The van der Waals surface area contributed by atoms with E-state index in [1.54, 1.807) is 0 Å². The molecule has 1 N–H and O–H groups in total. The van der Waals surface area contributed by atoms with E-state index in [0.717, 1.165) is 13.1 Å². The number of carbonyl (C=O) groups excluding carboxylic acids is 1. The fourth-order valence-electron chi connectivity index (χ4n) is 0.850. The monoisotopic (exact) mass is 159 g/mol. The molecule has 0 aliphatic carbocycles. The molecule has 2 nitrogen and oxygen atoms in total. The Labute approximate surface area is 65.2 Å². The van der Waals surface area contributed by atoms with Crippen LogP contribution in [-0.4, -0.2) is 18.9 Å². The van der Waals surface area contributed by atoms with Crippen molar-refractivity contribution in [3.8, 4) is 0 Å².